The van der Waals surface area contributed by atoms with E-state index < -0.39 is 21.9 Å². The van der Waals surface area contributed by atoms with E-state index in [1.807, 2.05) is 0 Å². The first kappa shape index (κ1) is 12.7. The Balaban J connectivity index is 3.08. The molecule has 1 unspecified atom stereocenters. The zero-order valence-corrected chi connectivity index (χ0v) is 9.59. The zero-order valence-electron chi connectivity index (χ0n) is 8.77. The summed E-state index contributed by atoms with van der Waals surface area (Å²) in [4.78, 5) is -0.0694. The summed E-state index contributed by atoms with van der Waals surface area (Å²) in [6.07, 6.45) is 1.45. The highest BCUT2D eigenvalue weighted by molar-refractivity contribution is 7.89. The number of nitrogen functional groups attached to an aromatic ring is 1. The number of sulfonamides is 1. The Bertz CT molecular complexity index is 500. The van der Waals surface area contributed by atoms with Crippen LogP contribution in [-0.2, 0) is 10.0 Å². The van der Waals surface area contributed by atoms with E-state index in [-0.39, 0.29) is 10.6 Å². The molecule has 0 aliphatic rings. The van der Waals surface area contributed by atoms with Crippen LogP contribution < -0.4 is 10.5 Å². The van der Waals surface area contributed by atoms with Gasteiger partial charge in [-0.25, -0.2) is 17.5 Å². The molecule has 0 bridgehead atoms. The van der Waals surface area contributed by atoms with Gasteiger partial charge in [-0.1, -0.05) is 6.08 Å². The van der Waals surface area contributed by atoms with Gasteiger partial charge < -0.3 is 5.73 Å². The minimum atomic E-state index is -3.68. The van der Waals surface area contributed by atoms with Crippen LogP contribution in [-0.4, -0.2) is 14.5 Å². The zero-order chi connectivity index (χ0) is 12.3. The van der Waals surface area contributed by atoms with E-state index in [1.54, 1.807) is 6.92 Å². The second-order valence-electron chi connectivity index (χ2n) is 3.33. The molecule has 88 valence electrons. The molecule has 0 spiro atoms. The Labute approximate surface area is 94.0 Å². The maximum absolute atomic E-state index is 12.9. The number of nitrogens with two attached hydrogens (primary N) is 1. The quantitative estimate of drug-likeness (QED) is 0.618. The third kappa shape index (κ3) is 2.80. The van der Waals surface area contributed by atoms with Gasteiger partial charge in [-0.05, 0) is 25.1 Å². The third-order valence-corrected chi connectivity index (χ3v) is 3.53. The number of hydrogen-bond donors (Lipinski definition) is 2. The Morgan fingerprint density at radius 1 is 1.56 bits per heavy atom. The topological polar surface area (TPSA) is 72.2 Å². The van der Waals surface area contributed by atoms with Crippen molar-refractivity contribution in [1.82, 2.24) is 4.72 Å². The minimum absolute atomic E-state index is 0.0694. The van der Waals surface area contributed by atoms with Crippen LogP contribution in [0.4, 0.5) is 10.1 Å². The van der Waals surface area contributed by atoms with Gasteiger partial charge in [0.15, 0.2) is 0 Å². The molecular weight excluding hydrogens is 231 g/mol. The van der Waals surface area contributed by atoms with E-state index >= 15 is 0 Å². The monoisotopic (exact) mass is 244 g/mol. The van der Waals surface area contributed by atoms with Crippen molar-refractivity contribution in [3.8, 4) is 0 Å². The first-order chi connectivity index (χ1) is 7.36. The van der Waals surface area contributed by atoms with Gasteiger partial charge in [0.2, 0.25) is 10.0 Å². The van der Waals surface area contributed by atoms with Gasteiger partial charge in [0.25, 0.3) is 0 Å². The van der Waals surface area contributed by atoms with Crippen LogP contribution in [0.5, 0.6) is 0 Å². The molecule has 1 aromatic carbocycles. The van der Waals surface area contributed by atoms with Crippen LogP contribution >= 0.6 is 0 Å². The summed E-state index contributed by atoms with van der Waals surface area (Å²) in [7, 11) is -3.68. The number of benzene rings is 1. The first-order valence-corrected chi connectivity index (χ1v) is 6.05. The van der Waals surface area contributed by atoms with Crippen LogP contribution in [0, 0.1) is 5.82 Å². The molecule has 4 nitrogen and oxygen atoms in total. The van der Waals surface area contributed by atoms with E-state index in [1.165, 1.54) is 6.08 Å². The van der Waals surface area contributed by atoms with Gasteiger partial charge in [-0.3, -0.25) is 0 Å². The number of nitrogens with one attached hydrogen (secondary N) is 1. The molecule has 0 amide bonds. The van der Waals surface area contributed by atoms with Crippen molar-refractivity contribution in [3.63, 3.8) is 0 Å². The average molecular weight is 244 g/mol. The van der Waals surface area contributed by atoms with Crippen LogP contribution in [0.2, 0.25) is 0 Å². The van der Waals surface area contributed by atoms with Gasteiger partial charge in [-0.15, -0.1) is 6.58 Å². The van der Waals surface area contributed by atoms with Crippen molar-refractivity contribution in [1.29, 1.82) is 0 Å². The second kappa shape index (κ2) is 4.63. The van der Waals surface area contributed by atoms with E-state index in [4.69, 9.17) is 5.73 Å². The van der Waals surface area contributed by atoms with Crippen LogP contribution in [0.1, 0.15) is 6.92 Å². The molecule has 6 heteroatoms. The van der Waals surface area contributed by atoms with E-state index in [9.17, 15) is 12.8 Å². The summed E-state index contributed by atoms with van der Waals surface area (Å²) in [5, 5.41) is 0. The molecule has 0 heterocycles. The summed E-state index contributed by atoms with van der Waals surface area (Å²) >= 11 is 0. The lowest BCUT2D eigenvalue weighted by Crippen LogP contribution is -2.31. The van der Waals surface area contributed by atoms with Crippen molar-refractivity contribution < 1.29 is 12.8 Å². The van der Waals surface area contributed by atoms with Crippen molar-refractivity contribution in [2.45, 2.75) is 17.9 Å². The normalized spacial score (nSPS) is 13.4. The highest BCUT2D eigenvalue weighted by Crippen LogP contribution is 2.16. The molecule has 0 radical (unpaired) electrons. The molecule has 0 saturated carbocycles. The van der Waals surface area contributed by atoms with Gasteiger partial charge in [0.05, 0.1) is 10.6 Å². The highest BCUT2D eigenvalue weighted by atomic mass is 32.2. The molecule has 0 aromatic heterocycles. The number of rotatable bonds is 4. The van der Waals surface area contributed by atoms with Crippen LogP contribution in [0.3, 0.4) is 0 Å². The molecule has 0 saturated heterocycles. The Hall–Kier alpha value is -1.40. The number of halogens is 1. The molecule has 0 fully saturated rings. The fraction of sp³-hybridized carbons (Fsp3) is 0.200. The fourth-order valence-corrected chi connectivity index (χ4v) is 2.30. The molecule has 0 aliphatic heterocycles. The van der Waals surface area contributed by atoms with Crippen LogP contribution in [0.25, 0.3) is 0 Å². The Morgan fingerprint density at radius 2 is 2.19 bits per heavy atom. The molecule has 0 aliphatic carbocycles. The lowest BCUT2D eigenvalue weighted by Gasteiger charge is -2.10. The van der Waals surface area contributed by atoms with Crippen molar-refractivity contribution in [3.05, 3.63) is 36.7 Å². The SMILES string of the molecule is C=CC(C)NS(=O)(=O)c1ccc(F)c(N)c1. The average Bonchev–Trinajstić information content (AvgIpc) is 2.21. The molecule has 1 atom stereocenters. The fourth-order valence-electron chi connectivity index (χ4n) is 1.05. The summed E-state index contributed by atoms with van der Waals surface area (Å²) in [5.74, 6) is -0.643. The number of hydrogen-bond acceptors (Lipinski definition) is 3. The first-order valence-electron chi connectivity index (χ1n) is 4.56. The predicted molar refractivity (Wildman–Crippen MR) is 60.8 cm³/mol. The number of anilines is 1. The maximum atomic E-state index is 12.9. The minimum Gasteiger partial charge on any atom is -0.396 e. The molecule has 3 N–H and O–H groups in total. The van der Waals surface area contributed by atoms with Gasteiger partial charge >= 0.3 is 0 Å². The lowest BCUT2D eigenvalue weighted by molar-refractivity contribution is 0.575. The largest absolute Gasteiger partial charge is 0.396 e. The van der Waals surface area contributed by atoms with Crippen LogP contribution in [0.15, 0.2) is 35.7 Å². The van der Waals surface area contributed by atoms with Gasteiger partial charge in [0, 0.05) is 6.04 Å². The summed E-state index contributed by atoms with van der Waals surface area (Å²) in [5.41, 5.74) is 5.09. The molecule has 1 aromatic rings. The maximum Gasteiger partial charge on any atom is 0.241 e. The smallest absolute Gasteiger partial charge is 0.241 e. The lowest BCUT2D eigenvalue weighted by atomic mass is 10.3. The van der Waals surface area contributed by atoms with Crippen molar-refractivity contribution >= 4 is 15.7 Å². The molecule has 1 rings (SSSR count). The summed E-state index contributed by atoms with van der Waals surface area (Å²) < 4.78 is 38.7. The Morgan fingerprint density at radius 3 is 2.69 bits per heavy atom. The van der Waals surface area contributed by atoms with Crippen molar-refractivity contribution in [2.75, 3.05) is 5.73 Å². The van der Waals surface area contributed by atoms with Gasteiger partial charge in [0.1, 0.15) is 5.82 Å². The third-order valence-electron chi connectivity index (χ3n) is 1.97. The van der Waals surface area contributed by atoms with E-state index in [0.717, 1.165) is 18.2 Å². The summed E-state index contributed by atoms with van der Waals surface area (Å²) in [6.45, 7) is 5.09. The highest BCUT2D eigenvalue weighted by Gasteiger charge is 2.16. The molecular formula is C10H13FN2O2S. The standard InChI is InChI=1S/C10H13FN2O2S/c1-3-7(2)13-16(14,15)8-4-5-9(11)10(12)6-8/h3-7,13H,1,12H2,2H3. The summed E-state index contributed by atoms with van der Waals surface area (Å²) in [6, 6.07) is 2.84. The van der Waals surface area contributed by atoms with Crippen molar-refractivity contribution in [2.24, 2.45) is 0 Å². The Kier molecular flexibility index (Phi) is 3.66. The second-order valence-corrected chi connectivity index (χ2v) is 5.04. The predicted octanol–water partition coefficient (Wildman–Crippen LogP) is 1.26. The van der Waals surface area contributed by atoms with E-state index in [0.29, 0.717) is 0 Å². The van der Waals surface area contributed by atoms with Gasteiger partial charge in [-0.2, -0.15) is 0 Å². The van der Waals surface area contributed by atoms with E-state index in [2.05, 4.69) is 11.3 Å². The molecule has 16 heavy (non-hydrogen) atoms.